The number of hydrogen-bond acceptors (Lipinski definition) is 3. The number of alkyl halides is 3. The van der Waals surface area contributed by atoms with E-state index in [1.807, 2.05) is 73.0 Å². The molecule has 1 fully saturated rings. The fourth-order valence-corrected chi connectivity index (χ4v) is 6.06. The molecule has 0 radical (unpaired) electrons. The van der Waals surface area contributed by atoms with Crippen molar-refractivity contribution in [2.45, 2.75) is 31.1 Å². The van der Waals surface area contributed by atoms with Gasteiger partial charge >= 0.3 is 6.18 Å². The molecule has 2 nitrogen and oxygen atoms in total. The van der Waals surface area contributed by atoms with Gasteiger partial charge in [-0.3, -0.25) is 4.79 Å². The molecular weight excluding hydrogens is 503 g/mol. The van der Waals surface area contributed by atoms with E-state index in [9.17, 15) is 18.0 Å². The van der Waals surface area contributed by atoms with Crippen LogP contribution in [-0.4, -0.2) is 5.78 Å². The molecule has 0 amide bonds. The van der Waals surface area contributed by atoms with Gasteiger partial charge in [-0.25, -0.2) is 0 Å². The minimum atomic E-state index is -4.43. The first-order valence-electron chi connectivity index (χ1n) is 11.6. The summed E-state index contributed by atoms with van der Waals surface area (Å²) in [5, 5.41) is 6.20. The van der Waals surface area contributed by atoms with Crippen LogP contribution in [0.2, 0.25) is 5.02 Å². The Bertz CT molecular complexity index is 1330. The highest BCUT2D eigenvalue weighted by Gasteiger charge is 2.49. The Morgan fingerprint density at radius 2 is 1.47 bits per heavy atom. The van der Waals surface area contributed by atoms with Crippen molar-refractivity contribution in [3.8, 4) is 0 Å². The Labute approximate surface area is 216 Å². The van der Waals surface area contributed by atoms with Crippen molar-refractivity contribution in [1.29, 1.82) is 0 Å². The molecule has 1 aliphatic rings. The number of benzene rings is 3. The van der Waals surface area contributed by atoms with Crippen LogP contribution in [0.15, 0.2) is 90.3 Å². The van der Waals surface area contributed by atoms with Gasteiger partial charge in [0.2, 0.25) is 0 Å². The molecule has 36 heavy (non-hydrogen) atoms. The van der Waals surface area contributed by atoms with Gasteiger partial charge in [-0.05, 0) is 53.8 Å². The number of carbonyl (C=O) groups is 1. The maximum absolute atomic E-state index is 14.1. The summed E-state index contributed by atoms with van der Waals surface area (Å²) in [6.07, 6.45) is -4.43. The number of halogens is 4. The summed E-state index contributed by atoms with van der Waals surface area (Å²) < 4.78 is 39.7. The second kappa shape index (κ2) is 9.85. The van der Waals surface area contributed by atoms with Crippen LogP contribution in [0.25, 0.3) is 0 Å². The largest absolute Gasteiger partial charge is 0.416 e. The number of carbonyl (C=O) groups excluding carboxylic acids is 1. The highest BCUT2D eigenvalue weighted by atomic mass is 35.5. The van der Waals surface area contributed by atoms with Gasteiger partial charge in [-0.2, -0.15) is 13.2 Å². The van der Waals surface area contributed by atoms with Gasteiger partial charge in [0, 0.05) is 33.5 Å². The molecule has 0 unspecified atom stereocenters. The summed E-state index contributed by atoms with van der Waals surface area (Å²) in [4.78, 5) is 15.1. The van der Waals surface area contributed by atoms with Crippen molar-refractivity contribution in [1.82, 2.24) is 5.32 Å². The molecule has 0 spiro atoms. The molecule has 1 aliphatic heterocycles. The molecule has 184 valence electrons. The smallest absolute Gasteiger partial charge is 0.302 e. The van der Waals surface area contributed by atoms with Gasteiger partial charge < -0.3 is 5.32 Å². The summed E-state index contributed by atoms with van der Waals surface area (Å²) in [5.74, 6) is -0.779. The summed E-state index contributed by atoms with van der Waals surface area (Å²) in [5.41, 5.74) is 2.53. The quantitative estimate of drug-likeness (QED) is 0.265. The first-order chi connectivity index (χ1) is 17.2. The van der Waals surface area contributed by atoms with Crippen molar-refractivity contribution in [3.05, 3.63) is 128 Å². The van der Waals surface area contributed by atoms with E-state index in [0.29, 0.717) is 16.1 Å². The van der Waals surface area contributed by atoms with E-state index in [0.717, 1.165) is 28.1 Å². The third kappa shape index (κ3) is 4.85. The molecule has 0 aliphatic carbocycles. The fourth-order valence-electron chi connectivity index (χ4n) is 5.02. The predicted molar refractivity (Wildman–Crippen MR) is 138 cm³/mol. The lowest BCUT2D eigenvalue weighted by molar-refractivity contribution is -0.137. The zero-order valence-electron chi connectivity index (χ0n) is 19.3. The molecule has 3 aromatic carbocycles. The molecule has 0 bridgehead atoms. The first kappa shape index (κ1) is 24.8. The summed E-state index contributed by atoms with van der Waals surface area (Å²) in [7, 11) is 0. The molecule has 1 N–H and O–H groups in total. The standard InChI is InChI=1S/C29H23ClF3NOS/c1-17-4-6-20(7-5-17)28(35)25-24(23-3-2-16-36-23)26(19-10-14-22(30)15-11-19)34-27(25)18-8-12-21(13-9-18)29(31,32)33/h2-16,24-27,34H,1H3/t24-,25-,26-,27+/m1/s1. The topological polar surface area (TPSA) is 29.1 Å². The van der Waals surface area contributed by atoms with Crippen molar-refractivity contribution in [2.75, 3.05) is 0 Å². The lowest BCUT2D eigenvalue weighted by Gasteiger charge is -2.24. The van der Waals surface area contributed by atoms with Gasteiger partial charge in [0.15, 0.2) is 5.78 Å². The van der Waals surface area contributed by atoms with Crippen molar-refractivity contribution in [2.24, 2.45) is 5.92 Å². The van der Waals surface area contributed by atoms with Gasteiger partial charge in [-0.15, -0.1) is 11.3 Å². The van der Waals surface area contributed by atoms with Crippen LogP contribution in [-0.2, 0) is 6.18 Å². The van der Waals surface area contributed by atoms with E-state index < -0.39 is 23.7 Å². The Hall–Kier alpha value is -2.93. The number of hydrogen-bond donors (Lipinski definition) is 1. The summed E-state index contributed by atoms with van der Waals surface area (Å²) >= 11 is 7.71. The molecular formula is C29H23ClF3NOS. The van der Waals surface area contributed by atoms with Crippen molar-refractivity contribution < 1.29 is 18.0 Å². The third-order valence-electron chi connectivity index (χ3n) is 6.80. The summed E-state index contributed by atoms with van der Waals surface area (Å²) in [6, 6.07) is 23.3. The summed E-state index contributed by atoms with van der Waals surface area (Å²) in [6.45, 7) is 1.96. The highest BCUT2D eigenvalue weighted by Crippen LogP contribution is 2.52. The maximum Gasteiger partial charge on any atom is 0.416 e. The maximum atomic E-state index is 14.1. The second-order valence-electron chi connectivity index (χ2n) is 9.09. The van der Waals surface area contributed by atoms with Crippen LogP contribution < -0.4 is 5.32 Å². The third-order valence-corrected chi connectivity index (χ3v) is 8.03. The van der Waals surface area contributed by atoms with Crippen LogP contribution in [0.5, 0.6) is 0 Å². The van der Waals surface area contributed by atoms with E-state index in [1.54, 1.807) is 11.3 Å². The van der Waals surface area contributed by atoms with Gasteiger partial charge in [0.25, 0.3) is 0 Å². The molecule has 2 heterocycles. The minimum Gasteiger partial charge on any atom is -0.302 e. The number of nitrogens with one attached hydrogen (secondary N) is 1. The average Bonchev–Trinajstić information content (AvgIpc) is 3.52. The Morgan fingerprint density at radius 1 is 0.861 bits per heavy atom. The number of ketones is 1. The average molecular weight is 526 g/mol. The van der Waals surface area contributed by atoms with E-state index in [1.165, 1.54) is 12.1 Å². The SMILES string of the molecule is Cc1ccc(C(=O)[C@@H]2[C@@H](c3cccs3)[C@@H](c3ccc(Cl)cc3)N[C@H]2c2ccc(C(F)(F)F)cc2)cc1. The normalized spacial score (nSPS) is 22.0. The van der Waals surface area contributed by atoms with Crippen LogP contribution in [0.1, 0.15) is 55.5 Å². The molecule has 5 rings (SSSR count). The Morgan fingerprint density at radius 3 is 2.06 bits per heavy atom. The highest BCUT2D eigenvalue weighted by molar-refractivity contribution is 7.10. The van der Waals surface area contributed by atoms with E-state index >= 15 is 0 Å². The van der Waals surface area contributed by atoms with Gasteiger partial charge in [0.1, 0.15) is 0 Å². The van der Waals surface area contributed by atoms with Crippen molar-refractivity contribution >= 4 is 28.7 Å². The molecule has 1 saturated heterocycles. The molecule has 4 aromatic rings. The van der Waals surface area contributed by atoms with Crippen LogP contribution in [0, 0.1) is 12.8 Å². The zero-order valence-corrected chi connectivity index (χ0v) is 20.9. The van der Waals surface area contributed by atoms with Gasteiger partial charge in [-0.1, -0.05) is 71.8 Å². The van der Waals surface area contributed by atoms with E-state index in [-0.39, 0.29) is 17.7 Å². The number of aryl methyl sites for hydroxylation is 1. The molecule has 7 heteroatoms. The fraction of sp³-hybridized carbons (Fsp3) is 0.207. The molecule has 1 aromatic heterocycles. The predicted octanol–water partition coefficient (Wildman–Crippen LogP) is 8.40. The van der Waals surface area contributed by atoms with Crippen LogP contribution in [0.3, 0.4) is 0 Å². The second-order valence-corrected chi connectivity index (χ2v) is 10.5. The van der Waals surface area contributed by atoms with E-state index in [4.69, 9.17) is 11.6 Å². The van der Waals surface area contributed by atoms with Crippen LogP contribution in [0.4, 0.5) is 13.2 Å². The zero-order chi connectivity index (χ0) is 25.4. The number of rotatable bonds is 5. The van der Waals surface area contributed by atoms with Crippen LogP contribution >= 0.6 is 22.9 Å². The van der Waals surface area contributed by atoms with E-state index in [2.05, 4.69) is 5.32 Å². The lowest BCUT2D eigenvalue weighted by Crippen LogP contribution is -2.26. The minimum absolute atomic E-state index is 0.0396. The van der Waals surface area contributed by atoms with Crippen molar-refractivity contribution in [3.63, 3.8) is 0 Å². The first-order valence-corrected chi connectivity index (χ1v) is 12.8. The molecule has 0 saturated carbocycles. The number of thiophene rings is 1. The van der Waals surface area contributed by atoms with Gasteiger partial charge in [0.05, 0.1) is 11.5 Å². The monoisotopic (exact) mass is 525 g/mol. The lowest BCUT2D eigenvalue weighted by atomic mass is 9.77. The Balaban J connectivity index is 1.63. The number of Topliss-reactive ketones (excluding diaryl/α,β-unsaturated/α-hetero) is 1. The Kier molecular flexibility index (Phi) is 6.77. The molecule has 4 atom stereocenters.